The summed E-state index contributed by atoms with van der Waals surface area (Å²) in [5, 5.41) is 2.84. The maximum Gasteiger partial charge on any atom is 0.286 e. The van der Waals surface area contributed by atoms with E-state index in [1.807, 2.05) is 23.1 Å². The number of methoxy groups -OCH3 is 2. The van der Waals surface area contributed by atoms with Crippen molar-refractivity contribution in [1.29, 1.82) is 0 Å². The van der Waals surface area contributed by atoms with Gasteiger partial charge in [0.25, 0.3) is 15.9 Å². The lowest BCUT2D eigenvalue weighted by Crippen LogP contribution is -2.37. The van der Waals surface area contributed by atoms with E-state index in [0.717, 1.165) is 5.56 Å². The van der Waals surface area contributed by atoms with Crippen molar-refractivity contribution in [2.24, 2.45) is 10.3 Å². The van der Waals surface area contributed by atoms with E-state index >= 15 is 0 Å². The minimum absolute atomic E-state index is 0.0521. The van der Waals surface area contributed by atoms with Crippen molar-refractivity contribution in [2.75, 3.05) is 32.2 Å². The van der Waals surface area contributed by atoms with Gasteiger partial charge < -0.3 is 19.7 Å². The molecule has 0 saturated carbocycles. The smallest absolute Gasteiger partial charge is 0.286 e. The lowest BCUT2D eigenvalue weighted by Gasteiger charge is -2.30. The Labute approximate surface area is 189 Å². The molecule has 1 amide bonds. The van der Waals surface area contributed by atoms with Gasteiger partial charge in [0.1, 0.15) is 10.7 Å². The zero-order valence-corrected chi connectivity index (χ0v) is 19.8. The molecule has 0 aliphatic carbocycles. The summed E-state index contributed by atoms with van der Waals surface area (Å²) < 4.78 is 39.7. The standard InChI is InChI=1S/C23H29N3O5S/c1-15(2)14-26-16(3)25-32(28,29)22-13-18(7-8-19(22)26)23(27)24-11-10-17-6-9-20(30-4)21(12-17)31-5/h6-9,12-13,15H,10-11,14H2,1-5H3,(H,24,27). The molecule has 0 aromatic heterocycles. The fourth-order valence-electron chi connectivity index (χ4n) is 3.59. The summed E-state index contributed by atoms with van der Waals surface area (Å²) in [6.07, 6.45) is 0.584. The molecule has 1 aliphatic heterocycles. The molecule has 9 heteroatoms. The minimum Gasteiger partial charge on any atom is -0.493 e. The van der Waals surface area contributed by atoms with Crippen LogP contribution in [0.15, 0.2) is 45.7 Å². The summed E-state index contributed by atoms with van der Waals surface area (Å²) in [5.41, 5.74) is 1.80. The number of carbonyl (C=O) groups is 1. The maximum atomic E-state index is 12.7. The van der Waals surface area contributed by atoms with Crippen molar-refractivity contribution in [2.45, 2.75) is 32.1 Å². The molecule has 172 valence electrons. The lowest BCUT2D eigenvalue weighted by atomic mass is 10.1. The molecule has 0 saturated heterocycles. The zero-order valence-electron chi connectivity index (χ0n) is 19.0. The Bertz CT molecular complexity index is 1140. The van der Waals surface area contributed by atoms with Gasteiger partial charge in [-0.25, -0.2) is 0 Å². The number of nitrogens with one attached hydrogen (secondary N) is 1. The Balaban J connectivity index is 1.74. The first-order chi connectivity index (χ1) is 15.2. The number of fused-ring (bicyclic) bond motifs is 1. The normalized spacial score (nSPS) is 14.6. The number of ether oxygens (including phenoxy) is 2. The Kier molecular flexibility index (Phi) is 7.08. The number of nitrogens with zero attached hydrogens (tertiary/aromatic N) is 2. The van der Waals surface area contributed by atoms with Gasteiger partial charge in [-0.15, -0.1) is 4.40 Å². The van der Waals surface area contributed by atoms with E-state index in [9.17, 15) is 13.2 Å². The second kappa shape index (κ2) is 9.60. The van der Waals surface area contributed by atoms with Gasteiger partial charge >= 0.3 is 0 Å². The molecule has 0 atom stereocenters. The Morgan fingerprint density at radius 2 is 1.81 bits per heavy atom. The first-order valence-electron chi connectivity index (χ1n) is 10.4. The van der Waals surface area contributed by atoms with E-state index in [2.05, 4.69) is 23.6 Å². The average Bonchev–Trinajstić information content (AvgIpc) is 2.75. The third-order valence-electron chi connectivity index (χ3n) is 5.13. The van der Waals surface area contributed by atoms with Gasteiger partial charge in [0.15, 0.2) is 11.5 Å². The molecule has 1 heterocycles. The van der Waals surface area contributed by atoms with E-state index < -0.39 is 10.0 Å². The molecule has 0 fully saturated rings. The average molecular weight is 460 g/mol. The maximum absolute atomic E-state index is 12.7. The highest BCUT2D eigenvalue weighted by Crippen LogP contribution is 2.33. The van der Waals surface area contributed by atoms with E-state index in [1.54, 1.807) is 33.3 Å². The molecular formula is C23H29N3O5S. The van der Waals surface area contributed by atoms with Gasteiger partial charge in [0.05, 0.1) is 19.9 Å². The van der Waals surface area contributed by atoms with Crippen LogP contribution in [0, 0.1) is 5.92 Å². The second-order valence-electron chi connectivity index (χ2n) is 8.00. The molecule has 32 heavy (non-hydrogen) atoms. The van der Waals surface area contributed by atoms with Gasteiger partial charge in [0, 0.05) is 18.7 Å². The van der Waals surface area contributed by atoms with Crippen molar-refractivity contribution in [3.63, 3.8) is 0 Å². The molecule has 0 spiro atoms. The summed E-state index contributed by atoms with van der Waals surface area (Å²) in [6.45, 7) is 6.80. The molecule has 3 rings (SSSR count). The first kappa shape index (κ1) is 23.6. The summed E-state index contributed by atoms with van der Waals surface area (Å²) in [6, 6.07) is 10.3. The quantitative estimate of drug-likeness (QED) is 0.651. The summed E-state index contributed by atoms with van der Waals surface area (Å²) >= 11 is 0. The van der Waals surface area contributed by atoms with Crippen molar-refractivity contribution in [1.82, 2.24) is 5.32 Å². The third kappa shape index (κ3) is 5.04. The summed E-state index contributed by atoms with van der Waals surface area (Å²) in [4.78, 5) is 14.6. The number of benzene rings is 2. The van der Waals surface area contributed by atoms with E-state index in [0.29, 0.717) is 48.5 Å². The molecule has 2 aromatic carbocycles. The number of rotatable bonds is 8. The summed E-state index contributed by atoms with van der Waals surface area (Å²) in [7, 11) is -0.708. The van der Waals surface area contributed by atoms with Crippen LogP contribution in [0.3, 0.4) is 0 Å². The predicted octanol–water partition coefficient (Wildman–Crippen LogP) is 3.26. The van der Waals surface area contributed by atoms with Crippen LogP contribution in [-0.2, 0) is 16.4 Å². The fraction of sp³-hybridized carbons (Fsp3) is 0.391. The third-order valence-corrected chi connectivity index (χ3v) is 6.52. The van der Waals surface area contributed by atoms with Crippen LogP contribution in [0.25, 0.3) is 0 Å². The number of hydrogen-bond acceptors (Lipinski definition) is 6. The van der Waals surface area contributed by atoms with Crippen molar-refractivity contribution >= 4 is 27.5 Å². The van der Waals surface area contributed by atoms with Crippen molar-refractivity contribution in [3.05, 3.63) is 47.5 Å². The molecule has 0 bridgehead atoms. The van der Waals surface area contributed by atoms with Gasteiger partial charge in [-0.2, -0.15) is 8.42 Å². The second-order valence-corrected chi connectivity index (χ2v) is 9.57. The highest BCUT2D eigenvalue weighted by Gasteiger charge is 2.30. The Morgan fingerprint density at radius 1 is 1.09 bits per heavy atom. The van der Waals surface area contributed by atoms with Crippen LogP contribution in [0.2, 0.25) is 0 Å². The first-order valence-corrected chi connectivity index (χ1v) is 11.8. The van der Waals surface area contributed by atoms with Gasteiger partial charge in [-0.1, -0.05) is 19.9 Å². The van der Waals surface area contributed by atoms with Crippen LogP contribution in [-0.4, -0.2) is 47.5 Å². The molecule has 1 aliphatic rings. The minimum atomic E-state index is -3.85. The number of amides is 1. The monoisotopic (exact) mass is 459 g/mol. The fourth-order valence-corrected chi connectivity index (χ4v) is 4.85. The Morgan fingerprint density at radius 3 is 2.47 bits per heavy atom. The molecule has 0 radical (unpaired) electrons. The number of amidine groups is 1. The van der Waals surface area contributed by atoms with E-state index in [4.69, 9.17) is 9.47 Å². The Hall–Kier alpha value is -3.07. The molecular weight excluding hydrogens is 430 g/mol. The van der Waals surface area contributed by atoms with Crippen LogP contribution >= 0.6 is 0 Å². The zero-order chi connectivity index (χ0) is 23.5. The van der Waals surface area contributed by atoms with Crippen LogP contribution in [0.5, 0.6) is 11.5 Å². The topological polar surface area (TPSA) is 97.3 Å². The molecule has 1 N–H and O–H groups in total. The molecule has 0 unspecified atom stereocenters. The van der Waals surface area contributed by atoms with Crippen LogP contribution in [0.4, 0.5) is 5.69 Å². The highest BCUT2D eigenvalue weighted by atomic mass is 32.2. The van der Waals surface area contributed by atoms with E-state index in [-0.39, 0.29) is 16.4 Å². The largest absolute Gasteiger partial charge is 0.493 e. The van der Waals surface area contributed by atoms with Crippen molar-refractivity contribution < 1.29 is 22.7 Å². The van der Waals surface area contributed by atoms with Gasteiger partial charge in [-0.3, -0.25) is 4.79 Å². The van der Waals surface area contributed by atoms with Gasteiger partial charge in [-0.05, 0) is 55.2 Å². The number of anilines is 1. The van der Waals surface area contributed by atoms with Crippen molar-refractivity contribution in [3.8, 4) is 11.5 Å². The SMILES string of the molecule is COc1ccc(CCNC(=O)c2ccc3c(c2)S(=O)(=O)N=C(C)N3CC(C)C)cc1OC. The van der Waals surface area contributed by atoms with Crippen LogP contribution in [0.1, 0.15) is 36.7 Å². The molecule has 2 aromatic rings. The molecule has 8 nitrogen and oxygen atoms in total. The van der Waals surface area contributed by atoms with E-state index in [1.165, 1.54) is 6.07 Å². The highest BCUT2D eigenvalue weighted by molar-refractivity contribution is 7.90. The summed E-state index contributed by atoms with van der Waals surface area (Å²) in [5.74, 6) is 1.66. The van der Waals surface area contributed by atoms with Gasteiger partial charge in [0.2, 0.25) is 0 Å². The number of carbonyl (C=O) groups excluding carboxylic acids is 1. The number of hydrogen-bond donors (Lipinski definition) is 1. The van der Waals surface area contributed by atoms with Crippen LogP contribution < -0.4 is 19.7 Å². The lowest BCUT2D eigenvalue weighted by molar-refractivity contribution is 0.0954. The predicted molar refractivity (Wildman–Crippen MR) is 125 cm³/mol. The number of sulfonamides is 1.